The molecule has 1 amide bonds. The number of rotatable bonds is 7. The lowest BCUT2D eigenvalue weighted by molar-refractivity contribution is -0.384. The number of non-ortho nitro benzene ring substituents is 1. The molecule has 10 nitrogen and oxygen atoms in total. The molecule has 0 fully saturated rings. The summed E-state index contributed by atoms with van der Waals surface area (Å²) in [5, 5.41) is 21.5. The average molecular weight is 449 g/mol. The van der Waals surface area contributed by atoms with Crippen LogP contribution in [0, 0.1) is 10.1 Å². The first-order chi connectivity index (χ1) is 14.3. The zero-order valence-electron chi connectivity index (χ0n) is 15.9. The number of carbonyl (C=O) groups is 1. The van der Waals surface area contributed by atoms with Gasteiger partial charge in [-0.3, -0.25) is 14.9 Å². The van der Waals surface area contributed by atoms with E-state index < -0.39 is 16.1 Å². The number of benzene rings is 2. The summed E-state index contributed by atoms with van der Waals surface area (Å²) in [5.41, 5.74) is 0.704. The van der Waals surface area contributed by atoms with Gasteiger partial charge in [-0.15, -0.1) is 10.2 Å². The summed E-state index contributed by atoms with van der Waals surface area (Å²) in [7, 11) is 1.57. The molecule has 0 saturated carbocycles. The molecule has 0 radical (unpaired) electrons. The number of carbonyl (C=O) groups excluding carboxylic acids is 1. The number of anilines is 1. The monoisotopic (exact) mass is 448 g/mol. The molecule has 1 unspecified atom stereocenters. The summed E-state index contributed by atoms with van der Waals surface area (Å²) in [6, 6.07) is 10.9. The highest BCUT2D eigenvalue weighted by molar-refractivity contribution is 8.00. The summed E-state index contributed by atoms with van der Waals surface area (Å²) >= 11 is 7.12. The third kappa shape index (κ3) is 4.63. The number of nitrogens with one attached hydrogen (secondary N) is 1. The van der Waals surface area contributed by atoms with Gasteiger partial charge < -0.3 is 15.9 Å². The predicted molar refractivity (Wildman–Crippen MR) is 114 cm³/mol. The number of ether oxygens (including phenoxy) is 1. The molecule has 0 saturated heterocycles. The van der Waals surface area contributed by atoms with Crippen molar-refractivity contribution in [3.05, 3.63) is 57.6 Å². The average Bonchev–Trinajstić information content (AvgIpc) is 3.09. The molecule has 0 aliphatic rings. The number of halogens is 1. The molecule has 3 N–H and O–H groups in total. The van der Waals surface area contributed by atoms with Crippen LogP contribution in [0.15, 0.2) is 47.6 Å². The van der Waals surface area contributed by atoms with Crippen LogP contribution in [0.4, 0.5) is 11.4 Å². The van der Waals surface area contributed by atoms with Crippen LogP contribution in [-0.4, -0.2) is 38.1 Å². The Bertz CT molecular complexity index is 1090. The van der Waals surface area contributed by atoms with Gasteiger partial charge in [-0.1, -0.05) is 23.4 Å². The van der Waals surface area contributed by atoms with E-state index in [1.165, 1.54) is 22.9 Å². The number of nitrogens with two attached hydrogens (primary N) is 1. The second-order valence-electron chi connectivity index (χ2n) is 6.08. The molecule has 0 spiro atoms. The van der Waals surface area contributed by atoms with Crippen molar-refractivity contribution >= 4 is 40.6 Å². The molecule has 0 aliphatic carbocycles. The number of nitrogens with zero attached hydrogens (tertiary/aromatic N) is 4. The summed E-state index contributed by atoms with van der Waals surface area (Å²) < 4.78 is 6.42. The Balaban J connectivity index is 1.72. The van der Waals surface area contributed by atoms with Crippen molar-refractivity contribution < 1.29 is 14.5 Å². The minimum Gasteiger partial charge on any atom is -0.497 e. The Kier molecular flexibility index (Phi) is 6.43. The molecule has 1 atom stereocenters. The fourth-order valence-electron chi connectivity index (χ4n) is 2.46. The second-order valence-corrected chi connectivity index (χ2v) is 7.79. The van der Waals surface area contributed by atoms with Gasteiger partial charge >= 0.3 is 0 Å². The number of aromatic nitrogens is 3. The fourth-order valence-corrected chi connectivity index (χ4v) is 3.40. The van der Waals surface area contributed by atoms with Crippen LogP contribution in [0.2, 0.25) is 5.02 Å². The molecular formula is C18H17ClN6O4S. The Morgan fingerprint density at radius 1 is 1.30 bits per heavy atom. The number of nitrogen functional groups attached to an aromatic ring is 1. The van der Waals surface area contributed by atoms with Crippen molar-refractivity contribution in [2.24, 2.45) is 0 Å². The van der Waals surface area contributed by atoms with Crippen molar-refractivity contribution in [2.45, 2.75) is 17.3 Å². The van der Waals surface area contributed by atoms with Gasteiger partial charge in [0.05, 0.1) is 28.0 Å². The van der Waals surface area contributed by atoms with E-state index in [2.05, 4.69) is 15.5 Å². The predicted octanol–water partition coefficient (Wildman–Crippen LogP) is 3.35. The number of hydrogen-bond acceptors (Lipinski definition) is 8. The van der Waals surface area contributed by atoms with Crippen LogP contribution in [0.5, 0.6) is 5.75 Å². The quantitative estimate of drug-likeness (QED) is 0.243. The minimum atomic E-state index is -0.629. The minimum absolute atomic E-state index is 0.149. The van der Waals surface area contributed by atoms with Crippen molar-refractivity contribution in [1.82, 2.24) is 14.9 Å². The van der Waals surface area contributed by atoms with Crippen LogP contribution in [0.1, 0.15) is 6.92 Å². The van der Waals surface area contributed by atoms with Gasteiger partial charge in [-0.05, 0) is 37.3 Å². The van der Waals surface area contributed by atoms with Crippen LogP contribution in [0.25, 0.3) is 11.4 Å². The smallest absolute Gasteiger partial charge is 0.271 e. The first-order valence-corrected chi connectivity index (χ1v) is 9.82. The molecule has 3 aromatic rings. The molecule has 30 heavy (non-hydrogen) atoms. The standard InChI is InChI=1S/C18H17ClN6O4S/c1-10(17(26)21-15-9-12(25(27)28)5-8-14(15)19)30-18-23-22-16(24(18)20)11-3-6-13(29-2)7-4-11/h3-10H,20H2,1-2H3,(H,21,26). The molecule has 1 aromatic heterocycles. The number of methoxy groups -OCH3 is 1. The lowest BCUT2D eigenvalue weighted by atomic mass is 10.2. The van der Waals surface area contributed by atoms with Gasteiger partial charge in [0.25, 0.3) is 5.69 Å². The number of hydrogen-bond donors (Lipinski definition) is 2. The molecule has 12 heteroatoms. The molecule has 156 valence electrons. The zero-order chi connectivity index (χ0) is 21.8. The molecule has 1 heterocycles. The molecule has 2 aromatic carbocycles. The number of thioether (sulfide) groups is 1. The Hall–Kier alpha value is -3.31. The normalized spacial score (nSPS) is 11.7. The lowest BCUT2D eigenvalue weighted by Gasteiger charge is -2.12. The first kappa shape index (κ1) is 21.4. The highest BCUT2D eigenvalue weighted by Gasteiger charge is 2.21. The van der Waals surface area contributed by atoms with Crippen molar-refractivity contribution in [2.75, 3.05) is 18.3 Å². The van der Waals surface area contributed by atoms with Crippen LogP contribution in [0.3, 0.4) is 0 Å². The first-order valence-electron chi connectivity index (χ1n) is 8.56. The Morgan fingerprint density at radius 3 is 2.63 bits per heavy atom. The van der Waals surface area contributed by atoms with E-state index >= 15 is 0 Å². The van der Waals surface area contributed by atoms with E-state index in [9.17, 15) is 14.9 Å². The molecule has 0 aliphatic heterocycles. The second kappa shape index (κ2) is 9.01. The van der Waals surface area contributed by atoms with Gasteiger partial charge in [-0.2, -0.15) is 0 Å². The van der Waals surface area contributed by atoms with E-state index in [0.717, 1.165) is 17.3 Å². The third-order valence-electron chi connectivity index (χ3n) is 4.08. The van der Waals surface area contributed by atoms with Crippen molar-refractivity contribution in [3.63, 3.8) is 0 Å². The molecular weight excluding hydrogens is 432 g/mol. The summed E-state index contributed by atoms with van der Waals surface area (Å²) in [6.07, 6.45) is 0. The maximum atomic E-state index is 12.5. The van der Waals surface area contributed by atoms with Gasteiger partial charge in [0.2, 0.25) is 11.1 Å². The van der Waals surface area contributed by atoms with E-state index in [4.69, 9.17) is 22.2 Å². The van der Waals surface area contributed by atoms with E-state index in [1.807, 2.05) is 0 Å². The van der Waals surface area contributed by atoms with E-state index in [0.29, 0.717) is 16.7 Å². The van der Waals surface area contributed by atoms with Crippen LogP contribution < -0.4 is 15.9 Å². The SMILES string of the molecule is COc1ccc(-c2nnc(SC(C)C(=O)Nc3cc([N+](=O)[O-])ccc3Cl)n2N)cc1. The Labute approximate surface area is 180 Å². The van der Waals surface area contributed by atoms with Crippen LogP contribution >= 0.6 is 23.4 Å². The largest absolute Gasteiger partial charge is 0.497 e. The maximum absolute atomic E-state index is 12.5. The zero-order valence-corrected chi connectivity index (χ0v) is 17.5. The molecule has 0 bridgehead atoms. The van der Waals surface area contributed by atoms with Crippen molar-refractivity contribution in [1.29, 1.82) is 0 Å². The summed E-state index contributed by atoms with van der Waals surface area (Å²) in [5.74, 6) is 6.80. The van der Waals surface area contributed by atoms with E-state index in [1.54, 1.807) is 38.3 Å². The van der Waals surface area contributed by atoms with Gasteiger partial charge in [0, 0.05) is 17.7 Å². The van der Waals surface area contributed by atoms with Gasteiger partial charge in [0.15, 0.2) is 5.82 Å². The Morgan fingerprint density at radius 2 is 2.00 bits per heavy atom. The molecule has 3 rings (SSSR count). The highest BCUT2D eigenvalue weighted by atomic mass is 35.5. The third-order valence-corrected chi connectivity index (χ3v) is 5.47. The number of nitro groups is 1. The summed E-state index contributed by atoms with van der Waals surface area (Å²) in [6.45, 7) is 1.65. The van der Waals surface area contributed by atoms with Crippen molar-refractivity contribution in [3.8, 4) is 17.1 Å². The van der Waals surface area contributed by atoms with Crippen LogP contribution in [-0.2, 0) is 4.79 Å². The topological polar surface area (TPSA) is 138 Å². The van der Waals surface area contributed by atoms with Gasteiger partial charge in [-0.25, -0.2) is 4.68 Å². The highest BCUT2D eigenvalue weighted by Crippen LogP contribution is 2.29. The maximum Gasteiger partial charge on any atom is 0.271 e. The van der Waals surface area contributed by atoms with E-state index in [-0.39, 0.29) is 16.4 Å². The number of amides is 1. The van der Waals surface area contributed by atoms with Gasteiger partial charge in [0.1, 0.15) is 5.75 Å². The fraction of sp³-hybridized carbons (Fsp3) is 0.167. The summed E-state index contributed by atoms with van der Waals surface area (Å²) in [4.78, 5) is 22.9. The lowest BCUT2D eigenvalue weighted by Crippen LogP contribution is -2.24. The number of nitro benzene ring substituents is 1.